The molecule has 6 N–H and O–H groups in total. The molecular formula is H6AlBO3. The monoisotopic (exact) mass is 92.0 g/mol. The molecule has 0 unspecified atom stereocenters. The Morgan fingerprint density at radius 3 is 0.600 bits per heavy atom. The topological polar surface area (TPSA) is 94.5 Å². The third-order valence-electron chi connectivity index (χ3n) is 0. The first-order valence-electron chi connectivity index (χ1n) is 0. The largest absolute Gasteiger partial charge is 0.412 e. The minimum absolute atomic E-state index is 0. The fraction of sp³-hybridized carbons (Fsp3) is 0. The molecule has 0 bridgehead atoms. The quantitative estimate of drug-likeness (QED) is 0.281. The van der Waals surface area contributed by atoms with Gasteiger partial charge < -0.3 is 16.4 Å². The molecule has 3 nitrogen and oxygen atoms in total. The van der Waals surface area contributed by atoms with Gasteiger partial charge in [-0.3, -0.25) is 0 Å². The van der Waals surface area contributed by atoms with Crippen molar-refractivity contribution in [3.63, 3.8) is 0 Å². The predicted molar refractivity (Wildman–Crippen MR) is 22.3 cm³/mol. The van der Waals surface area contributed by atoms with Gasteiger partial charge in [-0.15, -0.1) is 0 Å². The maximum Gasteiger partial charge on any atom is 0 e. The molecule has 0 fully saturated rings. The summed E-state index contributed by atoms with van der Waals surface area (Å²) in [6, 6.07) is 0. The third kappa shape index (κ3) is 121. The summed E-state index contributed by atoms with van der Waals surface area (Å²) in [6.07, 6.45) is 0. The van der Waals surface area contributed by atoms with Crippen molar-refractivity contribution >= 4 is 25.8 Å². The van der Waals surface area contributed by atoms with Gasteiger partial charge in [0.25, 0.3) is 0 Å². The van der Waals surface area contributed by atoms with Crippen LogP contribution in [0.1, 0.15) is 0 Å². The highest BCUT2D eigenvalue weighted by molar-refractivity contribution is 5.76. The highest BCUT2D eigenvalue weighted by atomic mass is 27.0. The molecule has 0 aromatic heterocycles. The van der Waals surface area contributed by atoms with Crippen LogP contribution in [0.3, 0.4) is 0 Å². The normalized spacial score (nSPS) is 0. The zero-order valence-corrected chi connectivity index (χ0v) is 3.81. The SMILES string of the molecule is O.O.O.[Al].[B]. The van der Waals surface area contributed by atoms with Gasteiger partial charge in [-0.25, -0.2) is 0 Å². The molecule has 5 heavy (non-hydrogen) atoms. The van der Waals surface area contributed by atoms with Gasteiger partial charge in [-0.2, -0.15) is 0 Å². The predicted octanol–water partition coefficient (Wildman–Crippen LogP) is -3.24. The van der Waals surface area contributed by atoms with Crippen LogP contribution in [0.25, 0.3) is 0 Å². The first-order chi connectivity index (χ1) is 0. The summed E-state index contributed by atoms with van der Waals surface area (Å²) >= 11 is 0. The molecule has 30 valence electrons. The molecule has 0 rings (SSSR count). The lowest BCUT2D eigenvalue weighted by Crippen LogP contribution is -0.382. The van der Waals surface area contributed by atoms with Crippen LogP contribution in [-0.2, 0) is 0 Å². The van der Waals surface area contributed by atoms with E-state index in [0.717, 1.165) is 0 Å². The zero-order chi connectivity index (χ0) is 0. The first-order valence-corrected chi connectivity index (χ1v) is 0. The van der Waals surface area contributed by atoms with Crippen LogP contribution in [0.5, 0.6) is 0 Å². The smallest absolute Gasteiger partial charge is 0 e. The van der Waals surface area contributed by atoms with Crippen LogP contribution in [0.15, 0.2) is 0 Å². The second-order valence-electron chi connectivity index (χ2n) is 0. The van der Waals surface area contributed by atoms with Crippen LogP contribution >= 0.6 is 0 Å². The number of hydrogen-bond acceptors (Lipinski definition) is 0. The Morgan fingerprint density at radius 1 is 0.600 bits per heavy atom. The molecule has 0 saturated heterocycles. The van der Waals surface area contributed by atoms with Crippen LogP contribution in [0.4, 0.5) is 0 Å². The highest BCUT2D eigenvalue weighted by Crippen LogP contribution is -0.287. The van der Waals surface area contributed by atoms with E-state index in [4.69, 9.17) is 0 Å². The van der Waals surface area contributed by atoms with E-state index in [1.54, 1.807) is 0 Å². The zero-order valence-electron chi connectivity index (χ0n) is 2.65. The van der Waals surface area contributed by atoms with E-state index in [0.29, 0.717) is 0 Å². The van der Waals surface area contributed by atoms with Crippen molar-refractivity contribution in [1.29, 1.82) is 0 Å². The van der Waals surface area contributed by atoms with E-state index >= 15 is 0 Å². The lowest BCUT2D eigenvalue weighted by molar-refractivity contribution is 0.823. The summed E-state index contributed by atoms with van der Waals surface area (Å²) in [5.74, 6) is 0. The van der Waals surface area contributed by atoms with Gasteiger partial charge in [0, 0.05) is 25.8 Å². The van der Waals surface area contributed by atoms with E-state index in [1.807, 2.05) is 0 Å². The van der Waals surface area contributed by atoms with Crippen molar-refractivity contribution in [1.82, 2.24) is 0 Å². The van der Waals surface area contributed by atoms with Gasteiger partial charge in [-0.05, 0) is 0 Å². The molecule has 0 aromatic rings. The Bertz CT molecular complexity index is 6.85. The molecule has 0 spiro atoms. The number of hydrogen-bond donors (Lipinski definition) is 0. The van der Waals surface area contributed by atoms with Crippen molar-refractivity contribution in [2.24, 2.45) is 0 Å². The van der Waals surface area contributed by atoms with Gasteiger partial charge in [0.2, 0.25) is 0 Å². The standard InChI is InChI=1S/Al.B.3H2O/h;;3*1H2. The molecule has 0 aliphatic heterocycles. The maximum atomic E-state index is 0. The lowest BCUT2D eigenvalue weighted by atomic mass is 10.8. The van der Waals surface area contributed by atoms with Gasteiger partial charge in [0.1, 0.15) is 0 Å². The summed E-state index contributed by atoms with van der Waals surface area (Å²) in [4.78, 5) is 0. The molecule has 0 aliphatic rings. The van der Waals surface area contributed by atoms with Crippen molar-refractivity contribution in [2.45, 2.75) is 0 Å². The maximum absolute atomic E-state index is 0. The Balaban J connectivity index is 0. The van der Waals surface area contributed by atoms with Gasteiger partial charge in [0.05, 0.1) is 0 Å². The van der Waals surface area contributed by atoms with Crippen LogP contribution < -0.4 is 0 Å². The average molecular weight is 91.8 g/mol. The summed E-state index contributed by atoms with van der Waals surface area (Å²) in [6.45, 7) is 0. The van der Waals surface area contributed by atoms with Gasteiger partial charge >= 0.3 is 0 Å². The third-order valence-corrected chi connectivity index (χ3v) is 0. The fourth-order valence-electron chi connectivity index (χ4n) is 0. The van der Waals surface area contributed by atoms with E-state index < -0.39 is 0 Å². The molecule has 0 aromatic carbocycles. The Labute approximate surface area is 43.0 Å². The van der Waals surface area contributed by atoms with Crippen molar-refractivity contribution in [3.8, 4) is 0 Å². The second-order valence-corrected chi connectivity index (χ2v) is 0. The second kappa shape index (κ2) is 238. The van der Waals surface area contributed by atoms with Crippen LogP contribution in [0, 0.1) is 0 Å². The van der Waals surface area contributed by atoms with Crippen LogP contribution in [-0.4, -0.2) is 42.2 Å². The Kier molecular flexibility index (Phi) is 22900. The first kappa shape index (κ1) is 482. The number of rotatable bonds is 0. The summed E-state index contributed by atoms with van der Waals surface area (Å²) in [5, 5.41) is 0. The Morgan fingerprint density at radius 2 is 0.600 bits per heavy atom. The molecule has 0 aliphatic carbocycles. The average Bonchev–Trinajstić information content (AvgIpc) is 0. The summed E-state index contributed by atoms with van der Waals surface area (Å²) in [5.41, 5.74) is 0. The Hall–Kier alpha value is 0.477. The van der Waals surface area contributed by atoms with E-state index in [2.05, 4.69) is 0 Å². The van der Waals surface area contributed by atoms with E-state index in [-0.39, 0.29) is 42.2 Å². The minimum atomic E-state index is 0. The lowest BCUT2D eigenvalue weighted by Gasteiger charge is -0.413. The molecule has 6 radical (unpaired) electrons. The summed E-state index contributed by atoms with van der Waals surface area (Å²) in [7, 11) is 0. The molecule has 0 amide bonds. The molecule has 0 atom stereocenters. The van der Waals surface area contributed by atoms with Crippen molar-refractivity contribution < 1.29 is 16.4 Å². The van der Waals surface area contributed by atoms with Gasteiger partial charge in [-0.1, -0.05) is 0 Å². The van der Waals surface area contributed by atoms with Crippen molar-refractivity contribution in [2.75, 3.05) is 0 Å². The minimum Gasteiger partial charge on any atom is -0.412 e. The molecule has 0 heterocycles. The van der Waals surface area contributed by atoms with E-state index in [9.17, 15) is 0 Å². The highest BCUT2D eigenvalue weighted by Gasteiger charge is 0.00101. The molecule has 0 saturated carbocycles. The fourth-order valence-corrected chi connectivity index (χ4v) is 0. The van der Waals surface area contributed by atoms with Gasteiger partial charge in [0.15, 0.2) is 0 Å². The van der Waals surface area contributed by atoms with Crippen LogP contribution in [0.2, 0.25) is 0 Å². The van der Waals surface area contributed by atoms with E-state index in [1.165, 1.54) is 0 Å². The molecule has 5 heteroatoms. The summed E-state index contributed by atoms with van der Waals surface area (Å²) < 4.78 is 0. The van der Waals surface area contributed by atoms with Crippen molar-refractivity contribution in [3.05, 3.63) is 0 Å². The molecular weight excluding hydrogens is 85.8 g/mol.